The van der Waals surface area contributed by atoms with Crippen LogP contribution in [0.2, 0.25) is 0 Å². The first-order chi connectivity index (χ1) is 10.0. The molecule has 0 saturated heterocycles. The van der Waals surface area contributed by atoms with E-state index in [1.165, 1.54) is 6.92 Å². The normalized spacial score (nSPS) is 20.8. The molecule has 1 aromatic carbocycles. The van der Waals surface area contributed by atoms with Crippen LogP contribution in [0.3, 0.4) is 0 Å². The van der Waals surface area contributed by atoms with E-state index >= 15 is 0 Å². The van der Waals surface area contributed by atoms with Gasteiger partial charge in [0.05, 0.1) is 0 Å². The Morgan fingerprint density at radius 3 is 2.45 bits per heavy atom. The number of carboxylic acid groups (broad SMARTS) is 1. The molecule has 22 heavy (non-hydrogen) atoms. The zero-order chi connectivity index (χ0) is 16.7. The lowest BCUT2D eigenvalue weighted by molar-refractivity contribution is -0.155. The topological polar surface area (TPSA) is 72.8 Å². The molecule has 1 N–H and O–H groups in total. The molecule has 1 heterocycles. The fourth-order valence-electron chi connectivity index (χ4n) is 2.54. The molecular formula is C17H22O5. The van der Waals surface area contributed by atoms with Crippen molar-refractivity contribution < 1.29 is 24.2 Å². The molecule has 2 rings (SSSR count). The quantitative estimate of drug-likeness (QED) is 0.671. The van der Waals surface area contributed by atoms with Gasteiger partial charge in [-0.25, -0.2) is 4.79 Å². The van der Waals surface area contributed by atoms with Gasteiger partial charge in [0.2, 0.25) is 5.60 Å². The molecule has 5 heteroatoms. The Labute approximate surface area is 130 Å². The molecule has 0 aliphatic carbocycles. The number of carbonyl (C=O) groups excluding carboxylic acids is 1. The van der Waals surface area contributed by atoms with Gasteiger partial charge >= 0.3 is 11.9 Å². The Bertz CT molecular complexity index is 627. The average Bonchev–Trinajstić information content (AvgIpc) is 2.36. The van der Waals surface area contributed by atoms with E-state index in [0.717, 1.165) is 11.1 Å². The van der Waals surface area contributed by atoms with Gasteiger partial charge in [-0.3, -0.25) is 4.79 Å². The van der Waals surface area contributed by atoms with Gasteiger partial charge in [-0.1, -0.05) is 20.8 Å². The predicted octanol–water partition coefficient (Wildman–Crippen LogP) is 3.08. The van der Waals surface area contributed by atoms with Crippen molar-refractivity contribution >= 4 is 11.9 Å². The van der Waals surface area contributed by atoms with Gasteiger partial charge in [0.25, 0.3) is 0 Å². The van der Waals surface area contributed by atoms with Crippen molar-refractivity contribution in [2.45, 2.75) is 58.5 Å². The summed E-state index contributed by atoms with van der Waals surface area (Å²) in [5, 5.41) is 9.33. The smallest absolute Gasteiger partial charge is 0.347 e. The Morgan fingerprint density at radius 1 is 1.32 bits per heavy atom. The van der Waals surface area contributed by atoms with E-state index in [4.69, 9.17) is 9.47 Å². The third kappa shape index (κ3) is 3.08. The number of rotatable bonds is 2. The first-order valence-electron chi connectivity index (χ1n) is 7.31. The summed E-state index contributed by atoms with van der Waals surface area (Å²) in [6.45, 7) is 8.95. The van der Waals surface area contributed by atoms with E-state index in [1.807, 2.05) is 20.8 Å². The first-order valence-corrected chi connectivity index (χ1v) is 7.31. The highest BCUT2D eigenvalue weighted by Gasteiger charge is 2.40. The molecule has 1 aliphatic rings. The maximum absolute atomic E-state index is 11.4. The number of fused-ring (bicyclic) bond motifs is 1. The lowest BCUT2D eigenvalue weighted by Gasteiger charge is -2.34. The van der Waals surface area contributed by atoms with E-state index in [2.05, 4.69) is 0 Å². The summed E-state index contributed by atoms with van der Waals surface area (Å²) >= 11 is 0. The maximum Gasteiger partial charge on any atom is 0.347 e. The van der Waals surface area contributed by atoms with Crippen molar-refractivity contribution in [2.75, 3.05) is 0 Å². The molecule has 0 spiro atoms. The molecule has 1 atom stereocenters. The Balaban J connectivity index is 2.52. The second kappa shape index (κ2) is 5.30. The van der Waals surface area contributed by atoms with Crippen molar-refractivity contribution in [3.8, 4) is 11.5 Å². The summed E-state index contributed by atoms with van der Waals surface area (Å²) in [6.07, 6.45) is 0.945. The lowest BCUT2D eigenvalue weighted by atomic mass is 9.83. The van der Waals surface area contributed by atoms with Gasteiger partial charge in [0.1, 0.15) is 11.5 Å². The van der Waals surface area contributed by atoms with Gasteiger partial charge in [-0.2, -0.15) is 0 Å². The monoisotopic (exact) mass is 306 g/mol. The SMILES string of the molecule is CC(=O)Oc1cc2c(cc1C(C)(C)C)OC(C)(C(=O)O)CC2. The summed E-state index contributed by atoms with van der Waals surface area (Å²) in [7, 11) is 0. The second-order valence-electron chi connectivity index (χ2n) is 6.94. The molecule has 0 bridgehead atoms. The molecule has 0 saturated carbocycles. The molecular weight excluding hydrogens is 284 g/mol. The number of aliphatic carboxylic acids is 1. The van der Waals surface area contributed by atoms with E-state index in [1.54, 1.807) is 19.1 Å². The van der Waals surface area contributed by atoms with Gasteiger partial charge in [-0.05, 0) is 36.5 Å². The minimum absolute atomic E-state index is 0.264. The second-order valence-corrected chi connectivity index (χ2v) is 6.94. The van der Waals surface area contributed by atoms with Crippen molar-refractivity contribution in [3.63, 3.8) is 0 Å². The number of aryl methyl sites for hydroxylation is 1. The molecule has 0 aromatic heterocycles. The molecule has 1 aliphatic heterocycles. The third-order valence-electron chi connectivity index (χ3n) is 3.88. The fraction of sp³-hybridized carbons (Fsp3) is 0.529. The average molecular weight is 306 g/mol. The molecule has 5 nitrogen and oxygen atoms in total. The largest absolute Gasteiger partial charge is 0.478 e. The van der Waals surface area contributed by atoms with E-state index < -0.39 is 11.6 Å². The van der Waals surface area contributed by atoms with Crippen LogP contribution in [0.5, 0.6) is 11.5 Å². The third-order valence-corrected chi connectivity index (χ3v) is 3.88. The standard InChI is InChI=1S/C17H22O5/c1-10(18)21-14-8-11-6-7-17(5,15(19)20)22-13(11)9-12(14)16(2,3)4/h8-9H,6-7H2,1-5H3,(H,19,20). The van der Waals surface area contributed by atoms with E-state index in [9.17, 15) is 14.7 Å². The fourth-order valence-corrected chi connectivity index (χ4v) is 2.54. The minimum Gasteiger partial charge on any atom is -0.478 e. The van der Waals surface area contributed by atoms with Crippen LogP contribution in [0.4, 0.5) is 0 Å². The number of hydrogen-bond donors (Lipinski definition) is 1. The number of esters is 1. The van der Waals surface area contributed by atoms with Gasteiger partial charge < -0.3 is 14.6 Å². The summed E-state index contributed by atoms with van der Waals surface area (Å²) in [4.78, 5) is 22.7. The van der Waals surface area contributed by atoms with Crippen LogP contribution < -0.4 is 9.47 Å². The Hall–Kier alpha value is -2.04. The van der Waals surface area contributed by atoms with Gasteiger partial charge in [-0.15, -0.1) is 0 Å². The maximum atomic E-state index is 11.4. The van der Waals surface area contributed by atoms with Crippen LogP contribution in [-0.2, 0) is 21.4 Å². The van der Waals surface area contributed by atoms with Crippen molar-refractivity contribution in [3.05, 3.63) is 23.3 Å². The van der Waals surface area contributed by atoms with Gasteiger partial charge in [0, 0.05) is 18.9 Å². The number of carboxylic acids is 1. The van der Waals surface area contributed by atoms with Crippen LogP contribution in [0.1, 0.15) is 52.2 Å². The summed E-state index contributed by atoms with van der Waals surface area (Å²) in [6, 6.07) is 3.59. The molecule has 0 radical (unpaired) electrons. The molecule has 120 valence electrons. The summed E-state index contributed by atoms with van der Waals surface area (Å²) in [5.74, 6) is -0.282. The van der Waals surface area contributed by atoms with Crippen LogP contribution in [-0.4, -0.2) is 22.6 Å². The number of benzene rings is 1. The lowest BCUT2D eigenvalue weighted by Crippen LogP contribution is -2.44. The molecule has 0 fully saturated rings. The Morgan fingerprint density at radius 2 is 1.95 bits per heavy atom. The zero-order valence-corrected chi connectivity index (χ0v) is 13.6. The molecule has 1 aromatic rings. The van der Waals surface area contributed by atoms with Crippen molar-refractivity contribution in [1.29, 1.82) is 0 Å². The Kier molecular flexibility index (Phi) is 3.94. The highest BCUT2D eigenvalue weighted by atomic mass is 16.5. The van der Waals surface area contributed by atoms with Crippen LogP contribution in [0.15, 0.2) is 12.1 Å². The van der Waals surface area contributed by atoms with E-state index in [0.29, 0.717) is 24.3 Å². The van der Waals surface area contributed by atoms with Crippen LogP contribution in [0.25, 0.3) is 0 Å². The van der Waals surface area contributed by atoms with Crippen LogP contribution in [0, 0.1) is 0 Å². The summed E-state index contributed by atoms with van der Waals surface area (Å²) < 4.78 is 11.1. The first kappa shape index (κ1) is 16.3. The number of carbonyl (C=O) groups is 2. The van der Waals surface area contributed by atoms with Crippen LogP contribution >= 0.6 is 0 Å². The number of ether oxygens (including phenoxy) is 2. The highest BCUT2D eigenvalue weighted by molar-refractivity contribution is 5.78. The zero-order valence-electron chi connectivity index (χ0n) is 13.6. The summed E-state index contributed by atoms with van der Waals surface area (Å²) in [5.41, 5.74) is 0.199. The van der Waals surface area contributed by atoms with E-state index in [-0.39, 0.29) is 11.4 Å². The van der Waals surface area contributed by atoms with Gasteiger partial charge in [0.15, 0.2) is 0 Å². The predicted molar refractivity (Wildman–Crippen MR) is 81.4 cm³/mol. The molecule has 1 unspecified atom stereocenters. The van der Waals surface area contributed by atoms with Crippen molar-refractivity contribution in [2.24, 2.45) is 0 Å². The highest BCUT2D eigenvalue weighted by Crippen LogP contribution is 2.41. The number of hydrogen-bond acceptors (Lipinski definition) is 4. The minimum atomic E-state index is -1.22. The van der Waals surface area contributed by atoms with Crippen molar-refractivity contribution in [1.82, 2.24) is 0 Å². The molecule has 0 amide bonds.